The summed E-state index contributed by atoms with van der Waals surface area (Å²) in [6, 6.07) is 24.5. The molecule has 6 nitrogen and oxygen atoms in total. The van der Waals surface area contributed by atoms with Crippen LogP contribution in [0.1, 0.15) is 23.6 Å². The van der Waals surface area contributed by atoms with Crippen LogP contribution in [0.5, 0.6) is 5.75 Å². The molecular weight excluding hydrogens is 458 g/mol. The van der Waals surface area contributed by atoms with Gasteiger partial charge in [0, 0.05) is 22.9 Å². The van der Waals surface area contributed by atoms with Crippen LogP contribution >= 0.6 is 11.6 Å². The van der Waals surface area contributed by atoms with Crippen molar-refractivity contribution in [2.75, 3.05) is 7.11 Å². The molecular formula is C25H20ClN3O3S. The molecule has 0 bridgehead atoms. The monoisotopic (exact) mass is 477 g/mol. The van der Waals surface area contributed by atoms with Crippen LogP contribution in [0.4, 0.5) is 0 Å². The number of nitrogens with zero attached hydrogens (tertiary/aromatic N) is 3. The van der Waals surface area contributed by atoms with E-state index in [-0.39, 0.29) is 10.0 Å². The third-order valence-electron chi connectivity index (χ3n) is 5.63. The smallest absolute Gasteiger partial charge is 0.279 e. The fourth-order valence-electron chi connectivity index (χ4n) is 3.96. The van der Waals surface area contributed by atoms with Crippen molar-refractivity contribution in [2.24, 2.45) is 5.10 Å². The quantitative estimate of drug-likeness (QED) is 0.359. The molecule has 0 saturated heterocycles. The molecule has 0 saturated carbocycles. The number of methoxy groups -OCH3 is 1. The molecule has 0 amide bonds. The van der Waals surface area contributed by atoms with Gasteiger partial charge in [-0.15, -0.1) is 0 Å². The van der Waals surface area contributed by atoms with Crippen LogP contribution in [0.15, 0.2) is 94.9 Å². The molecule has 0 fully saturated rings. The van der Waals surface area contributed by atoms with Crippen LogP contribution in [-0.2, 0) is 10.0 Å². The van der Waals surface area contributed by atoms with E-state index in [0.717, 1.165) is 20.9 Å². The zero-order valence-corrected chi connectivity index (χ0v) is 19.3. The number of sulfonamides is 1. The molecule has 0 unspecified atom stereocenters. The second-order valence-electron chi connectivity index (χ2n) is 7.65. The summed E-state index contributed by atoms with van der Waals surface area (Å²) in [7, 11) is -2.35. The van der Waals surface area contributed by atoms with E-state index in [4.69, 9.17) is 16.3 Å². The summed E-state index contributed by atoms with van der Waals surface area (Å²) in [6.07, 6.45) is 0.346. The molecule has 1 aliphatic rings. The summed E-state index contributed by atoms with van der Waals surface area (Å²) in [5, 5.41) is 5.72. The van der Waals surface area contributed by atoms with Crippen molar-refractivity contribution in [3.8, 4) is 5.75 Å². The molecule has 1 atom stereocenters. The number of ether oxygens (including phenoxy) is 1. The molecule has 0 aliphatic carbocycles. The predicted molar refractivity (Wildman–Crippen MR) is 129 cm³/mol. The number of hydrazone groups is 1. The first-order valence-electron chi connectivity index (χ1n) is 10.3. The van der Waals surface area contributed by atoms with Crippen molar-refractivity contribution in [3.05, 3.63) is 101 Å². The summed E-state index contributed by atoms with van der Waals surface area (Å²) in [5.74, 6) is 0.668. The number of rotatable bonds is 5. The number of fused-ring (bicyclic) bond motifs is 1. The van der Waals surface area contributed by atoms with Gasteiger partial charge < -0.3 is 4.74 Å². The van der Waals surface area contributed by atoms with E-state index in [0.29, 0.717) is 23.4 Å². The molecule has 3 aromatic carbocycles. The van der Waals surface area contributed by atoms with Crippen molar-refractivity contribution >= 4 is 38.2 Å². The van der Waals surface area contributed by atoms with E-state index in [9.17, 15) is 8.42 Å². The van der Waals surface area contributed by atoms with E-state index in [1.165, 1.54) is 0 Å². The molecule has 33 heavy (non-hydrogen) atoms. The van der Waals surface area contributed by atoms with Crippen molar-refractivity contribution in [1.82, 2.24) is 9.40 Å². The number of hydrogen-bond acceptors (Lipinski definition) is 5. The van der Waals surface area contributed by atoms with Crippen LogP contribution in [0.25, 0.3) is 10.9 Å². The lowest BCUT2D eigenvalue weighted by atomic mass is 9.99. The molecule has 5 rings (SSSR count). The predicted octanol–water partition coefficient (Wildman–Crippen LogP) is 5.44. The first-order valence-corrected chi connectivity index (χ1v) is 12.2. The maximum Gasteiger partial charge on any atom is 0.279 e. The van der Waals surface area contributed by atoms with E-state index >= 15 is 0 Å². The van der Waals surface area contributed by atoms with Gasteiger partial charge in [-0.3, -0.25) is 0 Å². The van der Waals surface area contributed by atoms with Crippen molar-refractivity contribution in [1.29, 1.82) is 0 Å². The molecule has 0 radical (unpaired) electrons. The molecule has 2 heterocycles. The number of benzene rings is 3. The summed E-state index contributed by atoms with van der Waals surface area (Å²) >= 11 is 6.58. The zero-order valence-electron chi connectivity index (χ0n) is 17.7. The van der Waals surface area contributed by atoms with Gasteiger partial charge in [0.2, 0.25) is 0 Å². The second-order valence-corrected chi connectivity index (χ2v) is 9.80. The van der Waals surface area contributed by atoms with Crippen LogP contribution < -0.4 is 4.74 Å². The first-order chi connectivity index (χ1) is 16.0. The second kappa shape index (κ2) is 8.50. The minimum Gasteiger partial charge on any atom is -0.497 e. The Kier molecular flexibility index (Phi) is 5.52. The summed E-state index contributed by atoms with van der Waals surface area (Å²) in [5.41, 5.74) is 2.77. The van der Waals surface area contributed by atoms with Gasteiger partial charge >= 0.3 is 0 Å². The van der Waals surface area contributed by atoms with E-state index < -0.39 is 16.1 Å². The maximum atomic E-state index is 13.6. The van der Waals surface area contributed by atoms with Crippen molar-refractivity contribution < 1.29 is 13.2 Å². The van der Waals surface area contributed by atoms with Gasteiger partial charge in [-0.25, -0.2) is 4.98 Å². The summed E-state index contributed by atoms with van der Waals surface area (Å²) in [4.78, 5) is 4.67. The Labute approximate surface area is 197 Å². The topological polar surface area (TPSA) is 71.9 Å². The molecule has 8 heteroatoms. The highest BCUT2D eigenvalue weighted by Gasteiger charge is 2.39. The van der Waals surface area contributed by atoms with Gasteiger partial charge in [0.05, 0.1) is 29.3 Å². The fourth-order valence-corrected chi connectivity index (χ4v) is 5.68. The number of aromatic nitrogens is 1. The Morgan fingerprint density at radius 1 is 0.970 bits per heavy atom. The van der Waals surface area contributed by atoms with Crippen molar-refractivity contribution in [3.63, 3.8) is 0 Å². The summed E-state index contributed by atoms with van der Waals surface area (Å²) in [6.45, 7) is 0. The average Bonchev–Trinajstić information content (AvgIpc) is 3.30. The van der Waals surface area contributed by atoms with Crippen molar-refractivity contribution in [2.45, 2.75) is 17.4 Å². The minimum atomic E-state index is -3.93. The lowest BCUT2D eigenvalue weighted by Crippen LogP contribution is -2.27. The van der Waals surface area contributed by atoms with Gasteiger partial charge in [-0.05, 0) is 36.4 Å². The standard InChI is InChI=1S/C25H20ClN3O3S/c1-32-19-10-7-9-17(14-19)23-16-24(21-15-18-8-5-6-13-22(18)27-25(21)26)29(28-23)33(30,31)20-11-3-2-4-12-20/h2-15,24H,16H2,1H3/t24-/m1/s1. The van der Waals surface area contributed by atoms with E-state index in [1.807, 2.05) is 54.6 Å². The molecule has 4 aromatic rings. The first kappa shape index (κ1) is 21.4. The Morgan fingerprint density at radius 3 is 2.52 bits per heavy atom. The molecule has 0 spiro atoms. The lowest BCUT2D eigenvalue weighted by Gasteiger charge is -2.24. The Hall–Kier alpha value is -3.42. The number of hydrogen-bond donors (Lipinski definition) is 0. The van der Waals surface area contributed by atoms with E-state index in [1.54, 1.807) is 37.4 Å². The van der Waals surface area contributed by atoms with Gasteiger partial charge in [0.15, 0.2) is 0 Å². The Balaban J connectivity index is 1.66. The zero-order chi connectivity index (χ0) is 23.0. The molecule has 1 aromatic heterocycles. The van der Waals surface area contributed by atoms with Gasteiger partial charge in [0.1, 0.15) is 10.9 Å². The number of para-hydroxylation sites is 1. The maximum absolute atomic E-state index is 13.6. The van der Waals surface area contributed by atoms with Gasteiger partial charge in [-0.1, -0.05) is 60.1 Å². The minimum absolute atomic E-state index is 0.163. The molecule has 1 aliphatic heterocycles. The SMILES string of the molecule is COc1cccc(C2=NN(S(=O)(=O)c3ccccc3)[C@@H](c3cc4ccccc4nc3Cl)C2)c1. The highest BCUT2D eigenvalue weighted by Crippen LogP contribution is 2.40. The third kappa shape index (κ3) is 3.94. The largest absolute Gasteiger partial charge is 0.497 e. The van der Waals surface area contributed by atoms with Crippen LogP contribution in [-0.4, -0.2) is 30.6 Å². The van der Waals surface area contributed by atoms with Crippen LogP contribution in [0.3, 0.4) is 0 Å². The van der Waals surface area contributed by atoms with Crippen LogP contribution in [0, 0.1) is 0 Å². The highest BCUT2D eigenvalue weighted by atomic mass is 35.5. The highest BCUT2D eigenvalue weighted by molar-refractivity contribution is 7.89. The Bertz CT molecular complexity index is 1470. The third-order valence-corrected chi connectivity index (χ3v) is 7.63. The van der Waals surface area contributed by atoms with Gasteiger partial charge in [0.25, 0.3) is 10.0 Å². The molecule has 166 valence electrons. The Morgan fingerprint density at radius 2 is 1.73 bits per heavy atom. The lowest BCUT2D eigenvalue weighted by molar-refractivity contribution is 0.371. The normalized spacial score (nSPS) is 16.1. The van der Waals surface area contributed by atoms with Gasteiger partial charge in [-0.2, -0.15) is 17.9 Å². The van der Waals surface area contributed by atoms with E-state index in [2.05, 4.69) is 10.1 Å². The number of pyridine rings is 1. The summed E-state index contributed by atoms with van der Waals surface area (Å²) < 4.78 is 33.7. The molecule has 0 N–H and O–H groups in total. The average molecular weight is 478 g/mol. The van der Waals surface area contributed by atoms with Crippen LogP contribution in [0.2, 0.25) is 5.15 Å². The number of halogens is 1. The fraction of sp³-hybridized carbons (Fsp3) is 0.120.